The number of H-pyrrole nitrogens is 1. The molecule has 23 heavy (non-hydrogen) atoms. The summed E-state index contributed by atoms with van der Waals surface area (Å²) in [6.07, 6.45) is 11.7. The molecule has 132 valence electrons. The summed E-state index contributed by atoms with van der Waals surface area (Å²) in [5.41, 5.74) is 9.19. The number of aromatic nitrogens is 2. The van der Waals surface area contributed by atoms with E-state index in [9.17, 15) is 0 Å². The molecule has 0 bridgehead atoms. The van der Waals surface area contributed by atoms with Crippen LogP contribution in [-0.2, 0) is 6.54 Å². The fraction of sp³-hybridized carbons (Fsp3) is 0.824. The molecule has 0 amide bonds. The maximum absolute atomic E-state index is 6.36. The van der Waals surface area contributed by atoms with Crippen LogP contribution >= 0.6 is 24.8 Å². The van der Waals surface area contributed by atoms with Gasteiger partial charge in [-0.2, -0.15) is 5.10 Å². The van der Waals surface area contributed by atoms with Crippen molar-refractivity contribution in [3.8, 4) is 0 Å². The van der Waals surface area contributed by atoms with Gasteiger partial charge < -0.3 is 5.73 Å². The average Bonchev–Trinajstić information content (AvgIpc) is 3.13. The van der Waals surface area contributed by atoms with E-state index in [1.54, 1.807) is 0 Å². The molecule has 6 heteroatoms. The van der Waals surface area contributed by atoms with Crippen molar-refractivity contribution in [3.05, 3.63) is 17.5 Å². The van der Waals surface area contributed by atoms with Crippen molar-refractivity contribution in [2.75, 3.05) is 13.1 Å². The first-order valence-corrected chi connectivity index (χ1v) is 8.81. The highest BCUT2D eigenvalue weighted by atomic mass is 35.5. The van der Waals surface area contributed by atoms with Crippen LogP contribution < -0.4 is 5.73 Å². The molecule has 2 saturated carbocycles. The van der Waals surface area contributed by atoms with Crippen LogP contribution in [0.25, 0.3) is 0 Å². The van der Waals surface area contributed by atoms with E-state index in [4.69, 9.17) is 5.73 Å². The molecule has 0 spiro atoms. The lowest BCUT2D eigenvalue weighted by molar-refractivity contribution is 0.307. The first-order valence-electron chi connectivity index (χ1n) is 8.81. The van der Waals surface area contributed by atoms with Crippen molar-refractivity contribution in [3.63, 3.8) is 0 Å². The number of hydrogen-bond acceptors (Lipinski definition) is 3. The lowest BCUT2D eigenvalue weighted by Gasteiger charge is -2.23. The van der Waals surface area contributed by atoms with Gasteiger partial charge in [0.15, 0.2) is 0 Å². The van der Waals surface area contributed by atoms with E-state index in [1.165, 1.54) is 62.7 Å². The lowest BCUT2D eigenvalue weighted by Crippen LogP contribution is -2.30. The predicted molar refractivity (Wildman–Crippen MR) is 98.4 cm³/mol. The molecule has 2 atom stereocenters. The van der Waals surface area contributed by atoms with Crippen LogP contribution in [0.1, 0.15) is 62.1 Å². The van der Waals surface area contributed by atoms with Gasteiger partial charge in [-0.3, -0.25) is 10.00 Å². The maximum atomic E-state index is 6.36. The Morgan fingerprint density at radius 3 is 2.52 bits per heavy atom. The van der Waals surface area contributed by atoms with E-state index in [1.807, 2.05) is 0 Å². The van der Waals surface area contributed by atoms with E-state index >= 15 is 0 Å². The summed E-state index contributed by atoms with van der Waals surface area (Å²) in [5.74, 6) is 2.38. The molecular weight excluding hydrogens is 331 g/mol. The van der Waals surface area contributed by atoms with Gasteiger partial charge in [-0.25, -0.2) is 0 Å². The molecule has 3 fully saturated rings. The van der Waals surface area contributed by atoms with Crippen molar-refractivity contribution >= 4 is 24.8 Å². The summed E-state index contributed by atoms with van der Waals surface area (Å²) < 4.78 is 0. The molecule has 2 aliphatic carbocycles. The third-order valence-electron chi connectivity index (χ3n) is 5.87. The topological polar surface area (TPSA) is 57.9 Å². The second kappa shape index (κ2) is 8.19. The third kappa shape index (κ3) is 4.22. The number of halogens is 2. The minimum atomic E-state index is 0. The van der Waals surface area contributed by atoms with Gasteiger partial charge in [-0.05, 0) is 37.5 Å². The van der Waals surface area contributed by atoms with Gasteiger partial charge in [0.25, 0.3) is 0 Å². The summed E-state index contributed by atoms with van der Waals surface area (Å²) in [4.78, 5) is 2.56. The summed E-state index contributed by atoms with van der Waals surface area (Å²) in [6.45, 7) is 3.30. The zero-order valence-electron chi connectivity index (χ0n) is 13.7. The second-order valence-corrected chi connectivity index (χ2v) is 7.50. The zero-order chi connectivity index (χ0) is 14.2. The van der Waals surface area contributed by atoms with Crippen LogP contribution in [0.2, 0.25) is 0 Å². The highest BCUT2D eigenvalue weighted by Gasteiger charge is 2.40. The Kier molecular flexibility index (Phi) is 6.78. The molecule has 3 N–H and O–H groups in total. The van der Waals surface area contributed by atoms with Crippen LogP contribution in [0.15, 0.2) is 6.20 Å². The Bertz CT molecular complexity index is 483. The molecule has 0 unspecified atom stereocenters. The van der Waals surface area contributed by atoms with E-state index in [0.717, 1.165) is 24.9 Å². The van der Waals surface area contributed by atoms with Crippen LogP contribution in [0.3, 0.4) is 0 Å². The van der Waals surface area contributed by atoms with Crippen LogP contribution in [0.5, 0.6) is 0 Å². The highest BCUT2D eigenvalue weighted by Crippen LogP contribution is 2.41. The highest BCUT2D eigenvalue weighted by molar-refractivity contribution is 5.85. The van der Waals surface area contributed by atoms with Gasteiger partial charge in [0.1, 0.15) is 0 Å². The molecule has 4 rings (SSSR count). The lowest BCUT2D eigenvalue weighted by atomic mass is 9.85. The normalized spacial score (nSPS) is 29.1. The monoisotopic (exact) mass is 360 g/mol. The van der Waals surface area contributed by atoms with Crippen molar-refractivity contribution < 1.29 is 0 Å². The third-order valence-corrected chi connectivity index (χ3v) is 5.87. The maximum Gasteiger partial charge on any atom is 0.0535 e. The minimum Gasteiger partial charge on any atom is -0.326 e. The van der Waals surface area contributed by atoms with Gasteiger partial charge in [-0.1, -0.05) is 19.3 Å². The van der Waals surface area contributed by atoms with Crippen LogP contribution in [0, 0.1) is 11.8 Å². The Labute approximate surface area is 151 Å². The fourth-order valence-corrected chi connectivity index (χ4v) is 4.53. The molecule has 1 saturated heterocycles. The number of nitrogens with two attached hydrogens (primary N) is 1. The number of rotatable bonds is 4. The Balaban J connectivity index is 0.000000960. The standard InChI is InChI=1S/C17H28N4.2ClH/c18-16-11-21(10-15(16)12-6-7-12)9-14-8-19-20-17(14)13-4-2-1-3-5-13;;/h8,12-13,15-16H,1-7,9-11,18H2,(H,19,20);2*1H/t15-,16+;;/m1../s1. The van der Waals surface area contributed by atoms with Crippen molar-refractivity contribution in [1.29, 1.82) is 0 Å². The molecule has 1 aliphatic heterocycles. The van der Waals surface area contributed by atoms with E-state index < -0.39 is 0 Å². The molecule has 2 heterocycles. The van der Waals surface area contributed by atoms with Crippen molar-refractivity contribution in [1.82, 2.24) is 15.1 Å². The van der Waals surface area contributed by atoms with Gasteiger partial charge in [0.05, 0.1) is 6.20 Å². The molecule has 1 aromatic heterocycles. The first kappa shape index (κ1) is 19.0. The summed E-state index contributed by atoms with van der Waals surface area (Å²) in [6, 6.07) is 0.391. The van der Waals surface area contributed by atoms with E-state index in [-0.39, 0.29) is 24.8 Å². The molecule has 1 aromatic rings. The predicted octanol–water partition coefficient (Wildman–Crippen LogP) is 3.47. The summed E-state index contributed by atoms with van der Waals surface area (Å²) in [5, 5.41) is 7.64. The summed E-state index contributed by atoms with van der Waals surface area (Å²) >= 11 is 0. The Hall–Kier alpha value is -0.290. The zero-order valence-corrected chi connectivity index (χ0v) is 15.4. The first-order chi connectivity index (χ1) is 10.3. The van der Waals surface area contributed by atoms with Crippen molar-refractivity contribution in [2.24, 2.45) is 17.6 Å². The number of nitrogens with one attached hydrogen (secondary N) is 1. The smallest absolute Gasteiger partial charge is 0.0535 e. The number of nitrogens with zero attached hydrogens (tertiary/aromatic N) is 2. The van der Waals surface area contributed by atoms with E-state index in [0.29, 0.717) is 12.0 Å². The average molecular weight is 361 g/mol. The van der Waals surface area contributed by atoms with Gasteiger partial charge in [0, 0.05) is 42.9 Å². The Morgan fingerprint density at radius 2 is 1.83 bits per heavy atom. The SMILES string of the molecule is Cl.Cl.N[C@H]1CN(Cc2cn[nH]c2C2CCCCC2)C[C@@H]1C1CC1. The quantitative estimate of drug-likeness (QED) is 0.863. The molecular formula is C17H30Cl2N4. The van der Waals surface area contributed by atoms with Crippen LogP contribution in [-0.4, -0.2) is 34.2 Å². The van der Waals surface area contributed by atoms with Gasteiger partial charge >= 0.3 is 0 Å². The molecule has 4 nitrogen and oxygen atoms in total. The van der Waals surface area contributed by atoms with Crippen LogP contribution in [0.4, 0.5) is 0 Å². The van der Waals surface area contributed by atoms with Crippen molar-refractivity contribution in [2.45, 2.75) is 63.5 Å². The number of aromatic amines is 1. The Morgan fingerprint density at radius 1 is 1.09 bits per heavy atom. The largest absolute Gasteiger partial charge is 0.326 e. The molecule has 0 aromatic carbocycles. The molecule has 3 aliphatic rings. The number of likely N-dealkylation sites (tertiary alicyclic amines) is 1. The second-order valence-electron chi connectivity index (χ2n) is 7.50. The van der Waals surface area contributed by atoms with Gasteiger partial charge in [-0.15, -0.1) is 24.8 Å². The fourth-order valence-electron chi connectivity index (χ4n) is 4.53. The number of hydrogen-bond donors (Lipinski definition) is 2. The summed E-state index contributed by atoms with van der Waals surface area (Å²) in [7, 11) is 0. The van der Waals surface area contributed by atoms with Gasteiger partial charge in [0.2, 0.25) is 0 Å². The van der Waals surface area contributed by atoms with E-state index in [2.05, 4.69) is 21.3 Å². The minimum absolute atomic E-state index is 0. The molecule has 0 radical (unpaired) electrons.